The average Bonchev–Trinajstić information content (AvgIpc) is 2.77. The van der Waals surface area contributed by atoms with Crippen molar-refractivity contribution in [2.24, 2.45) is 23.7 Å². The van der Waals surface area contributed by atoms with Crippen LogP contribution in [0.3, 0.4) is 0 Å². The van der Waals surface area contributed by atoms with Crippen molar-refractivity contribution in [3.63, 3.8) is 0 Å². The van der Waals surface area contributed by atoms with Crippen LogP contribution in [0.5, 0.6) is 5.75 Å². The van der Waals surface area contributed by atoms with Crippen molar-refractivity contribution < 1.29 is 13.5 Å². The van der Waals surface area contributed by atoms with Gasteiger partial charge in [-0.05, 0) is 80.2 Å². The molecule has 0 unspecified atom stereocenters. The van der Waals surface area contributed by atoms with Gasteiger partial charge < -0.3 is 4.74 Å². The molecule has 2 fully saturated rings. The SMILES string of the molecule is CCCCOc1ccc(CCC2CCC(C3CCC(CCC)CC3)CC2)c(F)c1F. The second kappa shape index (κ2) is 12.1. The van der Waals surface area contributed by atoms with Crippen LogP contribution in [0.2, 0.25) is 0 Å². The Kier molecular flexibility index (Phi) is 9.46. The fourth-order valence-corrected chi connectivity index (χ4v) is 5.87. The molecule has 0 saturated heterocycles. The first-order valence-corrected chi connectivity index (χ1v) is 12.7. The van der Waals surface area contributed by atoms with Crippen LogP contribution in [-0.4, -0.2) is 6.61 Å². The van der Waals surface area contributed by atoms with Gasteiger partial charge in [0.2, 0.25) is 5.82 Å². The summed E-state index contributed by atoms with van der Waals surface area (Å²) in [6, 6.07) is 3.33. The fraction of sp³-hybridized carbons (Fsp3) is 0.778. The summed E-state index contributed by atoms with van der Waals surface area (Å²) in [6.07, 6.45) is 17.2. The molecule has 0 radical (unpaired) electrons. The Morgan fingerprint density at radius 2 is 1.37 bits per heavy atom. The minimum atomic E-state index is -0.814. The first kappa shape index (κ1) is 23.5. The van der Waals surface area contributed by atoms with E-state index < -0.39 is 11.6 Å². The van der Waals surface area contributed by atoms with Gasteiger partial charge in [-0.2, -0.15) is 4.39 Å². The molecule has 2 aliphatic rings. The number of benzene rings is 1. The molecule has 0 N–H and O–H groups in total. The Morgan fingerprint density at radius 3 is 1.93 bits per heavy atom. The minimum absolute atomic E-state index is 0.0545. The Balaban J connectivity index is 1.41. The molecule has 1 nitrogen and oxygen atoms in total. The Hall–Kier alpha value is -1.12. The molecule has 0 bridgehead atoms. The number of unbranched alkanes of at least 4 members (excludes halogenated alkanes) is 1. The van der Waals surface area contributed by atoms with Gasteiger partial charge in [0.05, 0.1) is 6.61 Å². The molecule has 1 aromatic carbocycles. The lowest BCUT2D eigenvalue weighted by atomic mass is 9.68. The quantitative estimate of drug-likeness (QED) is 0.345. The lowest BCUT2D eigenvalue weighted by Gasteiger charge is -2.38. The van der Waals surface area contributed by atoms with Crippen LogP contribution in [0.15, 0.2) is 12.1 Å². The van der Waals surface area contributed by atoms with Gasteiger partial charge in [-0.3, -0.25) is 0 Å². The Morgan fingerprint density at radius 1 is 0.767 bits per heavy atom. The number of ether oxygens (including phenoxy) is 1. The molecule has 30 heavy (non-hydrogen) atoms. The zero-order valence-electron chi connectivity index (χ0n) is 19.2. The summed E-state index contributed by atoms with van der Waals surface area (Å²) < 4.78 is 34.1. The number of halogens is 2. The summed E-state index contributed by atoms with van der Waals surface area (Å²) in [5, 5.41) is 0. The summed E-state index contributed by atoms with van der Waals surface area (Å²) >= 11 is 0. The molecule has 2 saturated carbocycles. The first-order valence-electron chi connectivity index (χ1n) is 12.7. The van der Waals surface area contributed by atoms with E-state index >= 15 is 0 Å². The number of hydrogen-bond donors (Lipinski definition) is 0. The van der Waals surface area contributed by atoms with Crippen molar-refractivity contribution >= 4 is 0 Å². The van der Waals surface area contributed by atoms with Gasteiger partial charge in [-0.1, -0.05) is 64.9 Å². The standard InChI is InChI=1S/C27H42F2O/c1-3-5-19-30-25-18-17-24(26(28)27(25)29)16-11-21-9-14-23(15-10-21)22-12-7-20(6-4-2)8-13-22/h17-18,20-23H,3-16,19H2,1-2H3. The first-order chi connectivity index (χ1) is 14.6. The molecular weight excluding hydrogens is 378 g/mol. The van der Waals surface area contributed by atoms with Crippen molar-refractivity contribution in [1.29, 1.82) is 0 Å². The maximum absolute atomic E-state index is 14.5. The van der Waals surface area contributed by atoms with E-state index in [1.165, 1.54) is 64.2 Å². The third-order valence-corrected chi connectivity index (χ3v) is 7.85. The van der Waals surface area contributed by atoms with Gasteiger partial charge in [0.15, 0.2) is 11.6 Å². The zero-order chi connectivity index (χ0) is 21.3. The number of aryl methyl sites for hydroxylation is 1. The van der Waals surface area contributed by atoms with E-state index in [9.17, 15) is 8.78 Å². The molecule has 0 atom stereocenters. The van der Waals surface area contributed by atoms with Gasteiger partial charge in [0, 0.05) is 0 Å². The highest BCUT2D eigenvalue weighted by Crippen LogP contribution is 2.43. The van der Waals surface area contributed by atoms with Crippen molar-refractivity contribution in [2.45, 2.75) is 104 Å². The molecule has 0 amide bonds. The summed E-state index contributed by atoms with van der Waals surface area (Å²) in [4.78, 5) is 0. The summed E-state index contributed by atoms with van der Waals surface area (Å²) in [6.45, 7) is 4.80. The molecule has 3 heteroatoms. The molecule has 3 rings (SSSR count). The van der Waals surface area contributed by atoms with Crippen LogP contribution in [0, 0.1) is 35.3 Å². The monoisotopic (exact) mass is 420 g/mol. The molecule has 0 heterocycles. The summed E-state index contributed by atoms with van der Waals surface area (Å²) in [7, 11) is 0. The van der Waals surface area contributed by atoms with E-state index in [1.54, 1.807) is 12.1 Å². The maximum Gasteiger partial charge on any atom is 0.200 e. The van der Waals surface area contributed by atoms with E-state index in [0.717, 1.165) is 37.0 Å². The van der Waals surface area contributed by atoms with E-state index in [-0.39, 0.29) is 5.75 Å². The van der Waals surface area contributed by atoms with Gasteiger partial charge in [0.1, 0.15) is 0 Å². The highest BCUT2D eigenvalue weighted by atomic mass is 19.2. The highest BCUT2D eigenvalue weighted by molar-refractivity contribution is 5.31. The van der Waals surface area contributed by atoms with E-state index in [0.29, 0.717) is 24.5 Å². The molecule has 170 valence electrons. The number of rotatable bonds is 10. The average molecular weight is 421 g/mol. The normalized spacial score (nSPS) is 27.2. The number of hydrogen-bond acceptors (Lipinski definition) is 1. The highest BCUT2D eigenvalue weighted by Gasteiger charge is 2.30. The largest absolute Gasteiger partial charge is 0.490 e. The smallest absolute Gasteiger partial charge is 0.200 e. The lowest BCUT2D eigenvalue weighted by molar-refractivity contribution is 0.141. The molecular formula is C27H42F2O. The van der Waals surface area contributed by atoms with Crippen LogP contribution in [0.25, 0.3) is 0 Å². The minimum Gasteiger partial charge on any atom is -0.490 e. The van der Waals surface area contributed by atoms with E-state index in [1.807, 2.05) is 0 Å². The third kappa shape index (κ3) is 6.44. The molecule has 0 spiro atoms. The zero-order valence-corrected chi connectivity index (χ0v) is 19.2. The predicted molar refractivity (Wildman–Crippen MR) is 121 cm³/mol. The molecule has 1 aromatic rings. The summed E-state index contributed by atoms with van der Waals surface area (Å²) in [5.41, 5.74) is 0.506. The van der Waals surface area contributed by atoms with E-state index in [2.05, 4.69) is 13.8 Å². The molecule has 2 aliphatic carbocycles. The van der Waals surface area contributed by atoms with Crippen LogP contribution in [0.4, 0.5) is 8.78 Å². The van der Waals surface area contributed by atoms with Gasteiger partial charge in [-0.25, -0.2) is 4.39 Å². The van der Waals surface area contributed by atoms with Crippen LogP contribution in [-0.2, 0) is 6.42 Å². The molecule has 0 aromatic heterocycles. The topological polar surface area (TPSA) is 9.23 Å². The second-order valence-corrected chi connectivity index (χ2v) is 9.94. The predicted octanol–water partition coefficient (Wildman–Crippen LogP) is 8.49. The van der Waals surface area contributed by atoms with Gasteiger partial charge in [0.25, 0.3) is 0 Å². The van der Waals surface area contributed by atoms with Crippen molar-refractivity contribution in [3.05, 3.63) is 29.3 Å². The Bertz CT molecular complexity index is 628. The van der Waals surface area contributed by atoms with Crippen LogP contribution < -0.4 is 4.74 Å². The lowest BCUT2D eigenvalue weighted by Crippen LogP contribution is -2.26. The van der Waals surface area contributed by atoms with Crippen molar-refractivity contribution in [2.75, 3.05) is 6.61 Å². The van der Waals surface area contributed by atoms with Gasteiger partial charge in [-0.15, -0.1) is 0 Å². The Labute approximate surface area is 183 Å². The van der Waals surface area contributed by atoms with E-state index in [4.69, 9.17) is 4.74 Å². The second-order valence-electron chi connectivity index (χ2n) is 9.94. The van der Waals surface area contributed by atoms with Crippen LogP contribution in [0.1, 0.15) is 103 Å². The third-order valence-electron chi connectivity index (χ3n) is 7.85. The van der Waals surface area contributed by atoms with Gasteiger partial charge >= 0.3 is 0 Å². The van der Waals surface area contributed by atoms with Crippen LogP contribution >= 0.6 is 0 Å². The molecule has 0 aliphatic heterocycles. The fourth-order valence-electron chi connectivity index (χ4n) is 5.87. The van der Waals surface area contributed by atoms with Crippen molar-refractivity contribution in [1.82, 2.24) is 0 Å². The summed E-state index contributed by atoms with van der Waals surface area (Å²) in [5.74, 6) is 2.05. The van der Waals surface area contributed by atoms with Crippen molar-refractivity contribution in [3.8, 4) is 5.75 Å². The maximum atomic E-state index is 14.5.